The number of aromatic amines is 1. The molecule has 0 saturated carbocycles. The number of aromatic nitrogens is 1. The Morgan fingerprint density at radius 1 is 0.673 bits per heavy atom. The second kappa shape index (κ2) is 16.6. The molecule has 0 fully saturated rings. The van der Waals surface area contributed by atoms with Crippen molar-refractivity contribution in [3.63, 3.8) is 0 Å². The molecule has 0 bridgehead atoms. The van der Waals surface area contributed by atoms with Crippen molar-refractivity contribution in [2.45, 2.75) is 49.2 Å². The van der Waals surface area contributed by atoms with Gasteiger partial charge in [0.2, 0.25) is 17.7 Å². The summed E-state index contributed by atoms with van der Waals surface area (Å²) in [5.41, 5.74) is 10.7. The lowest BCUT2D eigenvalue weighted by Gasteiger charge is -2.25. The number of amides is 3. The molecule has 4 aromatic carbocycles. The van der Waals surface area contributed by atoms with Gasteiger partial charge >= 0.3 is 5.97 Å². The molecule has 5 aromatic rings. The Hall–Kier alpha value is -5.39. The topological polar surface area (TPSA) is 166 Å². The van der Waals surface area contributed by atoms with Crippen LogP contribution in [0.5, 0.6) is 0 Å². The van der Waals surface area contributed by atoms with Gasteiger partial charge in [-0.1, -0.05) is 91.0 Å². The van der Waals surface area contributed by atoms with E-state index in [-0.39, 0.29) is 37.3 Å². The predicted octanol–water partition coefficient (Wildman–Crippen LogP) is 3.81. The highest BCUT2D eigenvalue weighted by atomic mass is 32.1. The molecular weight excluding hydrogens is 639 g/mol. The van der Waals surface area contributed by atoms with Crippen molar-refractivity contribution in [2.75, 3.05) is 0 Å². The molecule has 7 N–H and O–H groups in total. The molecule has 0 spiro atoms. The van der Waals surface area contributed by atoms with Crippen molar-refractivity contribution in [3.8, 4) is 0 Å². The van der Waals surface area contributed by atoms with Gasteiger partial charge in [0.15, 0.2) is 0 Å². The molecule has 10 nitrogen and oxygen atoms in total. The third-order valence-corrected chi connectivity index (χ3v) is 8.92. The Bertz CT molecular complexity index is 1880. The number of thiol groups is 1. The van der Waals surface area contributed by atoms with E-state index in [0.29, 0.717) is 0 Å². The van der Waals surface area contributed by atoms with Gasteiger partial charge in [-0.2, -0.15) is 12.6 Å². The third kappa shape index (κ3) is 9.59. The lowest BCUT2D eigenvalue weighted by Crippen LogP contribution is -2.57. The van der Waals surface area contributed by atoms with E-state index in [1.54, 1.807) is 18.3 Å². The number of hydrogen-bond acceptors (Lipinski definition) is 6. The van der Waals surface area contributed by atoms with Crippen molar-refractivity contribution in [1.82, 2.24) is 20.9 Å². The molecule has 0 saturated heterocycles. The fourth-order valence-corrected chi connectivity index (χ4v) is 5.77. The van der Waals surface area contributed by atoms with Crippen molar-refractivity contribution in [2.24, 2.45) is 5.73 Å². The van der Waals surface area contributed by atoms with Crippen molar-refractivity contribution in [1.29, 1.82) is 0 Å². The van der Waals surface area contributed by atoms with E-state index in [2.05, 4.69) is 33.6 Å². The number of H-pyrrole nitrogens is 1. The van der Waals surface area contributed by atoms with Crippen LogP contribution in [0.3, 0.4) is 0 Å². The maximum atomic E-state index is 14.1. The number of hydrogen-bond donors (Lipinski definition) is 7. The van der Waals surface area contributed by atoms with E-state index in [9.17, 15) is 24.3 Å². The van der Waals surface area contributed by atoms with Crippen LogP contribution in [-0.4, -0.2) is 57.2 Å². The minimum absolute atomic E-state index is 0.137. The molecule has 4 atom stereocenters. The highest BCUT2D eigenvalue weighted by molar-refractivity contribution is 7.81. The van der Waals surface area contributed by atoms with Gasteiger partial charge in [-0.25, -0.2) is 4.79 Å². The summed E-state index contributed by atoms with van der Waals surface area (Å²) >= 11 is 4.52. The maximum Gasteiger partial charge on any atom is 0.335 e. The second-order valence-corrected chi connectivity index (χ2v) is 12.5. The Labute approximate surface area is 289 Å². The Balaban J connectivity index is 1.34. The third-order valence-electron chi connectivity index (χ3n) is 8.30. The molecule has 1 aromatic heterocycles. The van der Waals surface area contributed by atoms with E-state index in [1.807, 2.05) is 84.9 Å². The Kier molecular flexibility index (Phi) is 11.9. The van der Waals surface area contributed by atoms with Crippen LogP contribution in [-0.2, 0) is 40.2 Å². The molecule has 0 unspecified atom stereocenters. The van der Waals surface area contributed by atoms with Crippen LogP contribution in [0.4, 0.5) is 0 Å². The van der Waals surface area contributed by atoms with Gasteiger partial charge in [0.05, 0.1) is 10.8 Å². The second-order valence-electron chi connectivity index (χ2n) is 11.9. The number of carbonyl (C=O) groups excluding carboxylic acids is 3. The van der Waals surface area contributed by atoms with Crippen LogP contribution in [0.15, 0.2) is 115 Å². The number of carbonyl (C=O) groups is 4. The number of carboxylic acid groups (broad SMARTS) is 1. The van der Waals surface area contributed by atoms with Gasteiger partial charge in [0, 0.05) is 42.5 Å². The lowest BCUT2D eigenvalue weighted by molar-refractivity contribution is -0.132. The van der Waals surface area contributed by atoms with Crippen LogP contribution >= 0.6 is 12.6 Å². The average molecular weight is 678 g/mol. The molecule has 5 rings (SSSR count). The SMILES string of the molecule is N[C@@H](Cc1ccc(C(=O)O)cc1)[C@H](S)C(=O)N[C@@H](Cc1c[nH]c2ccccc12)C(=O)N[C@@H](Cc1ccccc1)C(=O)NCc1ccccc1. The molecule has 49 heavy (non-hydrogen) atoms. The number of nitrogens with two attached hydrogens (primary N) is 1. The van der Waals surface area contributed by atoms with Gasteiger partial charge < -0.3 is 31.8 Å². The number of para-hydroxylation sites is 1. The van der Waals surface area contributed by atoms with E-state index < -0.39 is 41.2 Å². The normalized spacial score (nSPS) is 13.5. The first-order chi connectivity index (χ1) is 23.7. The van der Waals surface area contributed by atoms with Crippen LogP contribution in [0.2, 0.25) is 0 Å². The zero-order valence-corrected chi connectivity index (χ0v) is 27.6. The summed E-state index contributed by atoms with van der Waals surface area (Å²) in [4.78, 5) is 55.6. The number of carboxylic acids is 1. The summed E-state index contributed by atoms with van der Waals surface area (Å²) in [6, 6.07) is 30.0. The first kappa shape index (κ1) is 34.9. The van der Waals surface area contributed by atoms with Gasteiger partial charge in [-0.3, -0.25) is 14.4 Å². The fourth-order valence-electron chi connectivity index (χ4n) is 5.59. The molecule has 11 heteroatoms. The minimum Gasteiger partial charge on any atom is -0.478 e. The van der Waals surface area contributed by atoms with Gasteiger partial charge in [0.25, 0.3) is 0 Å². The van der Waals surface area contributed by atoms with Crippen LogP contribution < -0.4 is 21.7 Å². The quantitative estimate of drug-likeness (QED) is 0.0833. The zero-order chi connectivity index (χ0) is 34.8. The maximum absolute atomic E-state index is 14.1. The molecule has 1 heterocycles. The molecule has 0 aliphatic heterocycles. The Morgan fingerprint density at radius 3 is 1.92 bits per heavy atom. The van der Waals surface area contributed by atoms with Gasteiger partial charge in [-0.05, 0) is 46.9 Å². The van der Waals surface area contributed by atoms with Crippen LogP contribution in [0.25, 0.3) is 10.9 Å². The number of nitrogens with one attached hydrogen (secondary N) is 4. The molecular formula is C38H39N5O5S. The summed E-state index contributed by atoms with van der Waals surface area (Å²) in [5, 5.41) is 17.8. The standard InChI is InChI=1S/C38H39N5O5S/c39-30(19-25-15-17-27(18-16-25)38(47)48)34(49)37(46)43-33(21-28-23-40-31-14-8-7-13-29(28)31)36(45)42-32(20-24-9-3-1-4-10-24)35(44)41-22-26-11-5-2-6-12-26/h1-18,23,30,32-34,40,49H,19-22,39H2,(H,41,44)(H,42,45)(H,43,46)(H,47,48)/t30-,32-,33-,34-/m0/s1. The summed E-state index contributed by atoms with van der Waals surface area (Å²) < 4.78 is 0. The monoisotopic (exact) mass is 677 g/mol. The molecule has 0 aliphatic carbocycles. The van der Waals surface area contributed by atoms with E-state index in [1.165, 1.54) is 12.1 Å². The minimum atomic E-state index is -1.07. The summed E-state index contributed by atoms with van der Waals surface area (Å²) in [6.07, 6.45) is 2.43. The Morgan fingerprint density at radius 2 is 1.24 bits per heavy atom. The van der Waals surface area contributed by atoms with Gasteiger partial charge in [0.1, 0.15) is 12.1 Å². The fraction of sp³-hybridized carbons (Fsp3) is 0.211. The predicted molar refractivity (Wildman–Crippen MR) is 192 cm³/mol. The average Bonchev–Trinajstić information content (AvgIpc) is 3.53. The smallest absolute Gasteiger partial charge is 0.335 e. The summed E-state index contributed by atoms with van der Waals surface area (Å²) in [7, 11) is 0. The highest BCUT2D eigenvalue weighted by Gasteiger charge is 2.31. The van der Waals surface area contributed by atoms with Gasteiger partial charge in [-0.15, -0.1) is 0 Å². The summed E-state index contributed by atoms with van der Waals surface area (Å²) in [5.74, 6) is -2.48. The summed E-state index contributed by atoms with van der Waals surface area (Å²) in [6.45, 7) is 0.286. The lowest BCUT2D eigenvalue weighted by atomic mass is 10.00. The van der Waals surface area contributed by atoms with E-state index in [4.69, 9.17) is 5.73 Å². The van der Waals surface area contributed by atoms with Crippen molar-refractivity contribution in [3.05, 3.63) is 143 Å². The highest BCUT2D eigenvalue weighted by Crippen LogP contribution is 2.20. The largest absolute Gasteiger partial charge is 0.478 e. The van der Waals surface area contributed by atoms with E-state index >= 15 is 0 Å². The van der Waals surface area contributed by atoms with Crippen molar-refractivity contribution < 1.29 is 24.3 Å². The molecule has 0 radical (unpaired) electrons. The van der Waals surface area contributed by atoms with Crippen molar-refractivity contribution >= 4 is 47.2 Å². The molecule has 3 amide bonds. The number of fused-ring (bicyclic) bond motifs is 1. The first-order valence-electron chi connectivity index (χ1n) is 15.9. The molecule has 252 valence electrons. The number of aromatic carboxylic acids is 1. The molecule has 0 aliphatic rings. The van der Waals surface area contributed by atoms with E-state index in [0.717, 1.165) is 33.2 Å². The number of rotatable bonds is 15. The number of benzene rings is 4. The zero-order valence-electron chi connectivity index (χ0n) is 26.7. The van der Waals surface area contributed by atoms with Crippen LogP contribution in [0, 0.1) is 0 Å². The van der Waals surface area contributed by atoms with Crippen LogP contribution in [0.1, 0.15) is 32.6 Å². The first-order valence-corrected chi connectivity index (χ1v) is 16.5.